The Morgan fingerprint density at radius 3 is 2.00 bits per heavy atom. The molecule has 0 bridgehead atoms. The number of imidazole rings is 1. The lowest BCUT2D eigenvalue weighted by molar-refractivity contribution is 0.635. The van der Waals surface area contributed by atoms with Crippen LogP contribution in [0.25, 0.3) is 42.6 Å². The van der Waals surface area contributed by atoms with E-state index in [1.54, 1.807) is 0 Å². The molecule has 11 rings (SSSR count). The van der Waals surface area contributed by atoms with Crippen molar-refractivity contribution >= 4 is 88.6 Å². The second-order valence-electron chi connectivity index (χ2n) is 15.9. The summed E-state index contributed by atoms with van der Waals surface area (Å²) in [7, 11) is -0.854. The minimum atomic E-state index is -2.98. The van der Waals surface area contributed by atoms with Crippen LogP contribution in [0.2, 0.25) is 0 Å². The highest BCUT2D eigenvalue weighted by atomic mass is 32.1. The number of aryl methyl sites for hydroxylation is 1. The van der Waals surface area contributed by atoms with Gasteiger partial charge < -0.3 is 4.57 Å². The van der Waals surface area contributed by atoms with E-state index in [1.807, 2.05) is 11.3 Å². The maximum atomic E-state index is 5.39. The van der Waals surface area contributed by atoms with Gasteiger partial charge in [0.05, 0.1) is 16.7 Å². The SMILES string of the molecule is Cn1c(-c2cccc([Si](c3ccccc3)(c3ccccc3)c3cccc(N4c5ccccc5C(C)(C)c5c4ncc4c5sc5ccccc54)c3)c2)nc2ccccc21. The van der Waals surface area contributed by atoms with Gasteiger partial charge in [0, 0.05) is 55.6 Å². The number of aromatic nitrogens is 3. The molecule has 6 heteroatoms. The molecule has 0 saturated heterocycles. The van der Waals surface area contributed by atoms with Gasteiger partial charge in [-0.15, -0.1) is 11.3 Å². The Kier molecular flexibility index (Phi) is 7.90. The number of para-hydroxylation sites is 3. The number of rotatable bonds is 6. The summed E-state index contributed by atoms with van der Waals surface area (Å²) in [5.41, 5.74) is 7.80. The maximum absolute atomic E-state index is 5.39. The van der Waals surface area contributed by atoms with E-state index in [-0.39, 0.29) is 5.41 Å². The van der Waals surface area contributed by atoms with E-state index in [0.29, 0.717) is 0 Å². The molecule has 10 aromatic rings. The fourth-order valence-electron chi connectivity index (χ4n) is 9.66. The van der Waals surface area contributed by atoms with Crippen LogP contribution in [-0.4, -0.2) is 22.6 Å². The second-order valence-corrected chi connectivity index (χ2v) is 20.7. The first kappa shape index (κ1) is 34.6. The van der Waals surface area contributed by atoms with Crippen LogP contribution in [0.15, 0.2) is 188 Å². The van der Waals surface area contributed by atoms with Gasteiger partial charge in [0.2, 0.25) is 0 Å². The van der Waals surface area contributed by atoms with E-state index in [4.69, 9.17) is 9.97 Å². The molecular formula is C52H40N4SSi. The van der Waals surface area contributed by atoms with Gasteiger partial charge in [-0.05, 0) is 62.7 Å². The summed E-state index contributed by atoms with van der Waals surface area (Å²) in [6.07, 6.45) is 2.10. The number of nitrogens with zero attached hydrogens (tertiary/aromatic N) is 4. The van der Waals surface area contributed by atoms with Gasteiger partial charge >= 0.3 is 0 Å². The molecule has 278 valence electrons. The van der Waals surface area contributed by atoms with Gasteiger partial charge in [-0.3, -0.25) is 4.90 Å². The zero-order valence-electron chi connectivity index (χ0n) is 32.6. The molecule has 4 heterocycles. The van der Waals surface area contributed by atoms with Gasteiger partial charge in [0.25, 0.3) is 0 Å². The first-order chi connectivity index (χ1) is 28.4. The third-order valence-corrected chi connectivity index (χ3v) is 18.3. The van der Waals surface area contributed by atoms with Gasteiger partial charge in [-0.1, -0.05) is 159 Å². The summed E-state index contributed by atoms with van der Waals surface area (Å²) in [6.45, 7) is 4.73. The molecule has 0 spiro atoms. The third kappa shape index (κ3) is 5.05. The Hall–Kier alpha value is -6.60. The lowest BCUT2D eigenvalue weighted by Gasteiger charge is -2.42. The number of thiophene rings is 1. The minimum Gasteiger partial charge on any atom is -0.327 e. The quantitative estimate of drug-likeness (QED) is 0.125. The van der Waals surface area contributed by atoms with Crippen LogP contribution in [0.3, 0.4) is 0 Å². The fourth-order valence-corrected chi connectivity index (χ4v) is 15.9. The van der Waals surface area contributed by atoms with Crippen molar-refractivity contribution in [2.75, 3.05) is 4.90 Å². The van der Waals surface area contributed by atoms with E-state index in [1.165, 1.54) is 57.7 Å². The molecule has 0 N–H and O–H groups in total. The van der Waals surface area contributed by atoms with E-state index in [9.17, 15) is 0 Å². The van der Waals surface area contributed by atoms with Crippen LogP contribution in [0.5, 0.6) is 0 Å². The lowest BCUT2D eigenvalue weighted by atomic mass is 9.74. The van der Waals surface area contributed by atoms with Gasteiger partial charge in [-0.25, -0.2) is 9.97 Å². The monoisotopic (exact) mass is 780 g/mol. The average Bonchev–Trinajstić information content (AvgIpc) is 3.82. The van der Waals surface area contributed by atoms with Crippen LogP contribution >= 0.6 is 11.3 Å². The number of pyridine rings is 1. The first-order valence-electron chi connectivity index (χ1n) is 19.9. The van der Waals surface area contributed by atoms with Crippen LogP contribution in [0.1, 0.15) is 25.0 Å². The predicted octanol–water partition coefficient (Wildman–Crippen LogP) is 10.5. The highest BCUT2D eigenvalue weighted by Crippen LogP contribution is 2.54. The molecule has 0 saturated carbocycles. The minimum absolute atomic E-state index is 0.268. The van der Waals surface area contributed by atoms with Gasteiger partial charge in [0.1, 0.15) is 11.6 Å². The molecule has 0 radical (unpaired) electrons. The Balaban J connectivity index is 1.18. The summed E-state index contributed by atoms with van der Waals surface area (Å²) >= 11 is 1.88. The molecule has 1 aliphatic heterocycles. The second kappa shape index (κ2) is 13.2. The Bertz CT molecular complexity index is 3140. The molecule has 0 unspecified atom stereocenters. The molecule has 3 aromatic heterocycles. The summed E-state index contributed by atoms with van der Waals surface area (Å²) < 4.78 is 4.82. The lowest BCUT2D eigenvalue weighted by Crippen LogP contribution is -2.74. The summed E-state index contributed by atoms with van der Waals surface area (Å²) in [4.78, 5) is 13.0. The number of anilines is 3. The van der Waals surface area contributed by atoms with Crippen LogP contribution < -0.4 is 25.6 Å². The topological polar surface area (TPSA) is 34.0 Å². The molecular weight excluding hydrogens is 741 g/mol. The zero-order valence-corrected chi connectivity index (χ0v) is 34.4. The number of fused-ring (bicyclic) bond motifs is 7. The zero-order chi connectivity index (χ0) is 39.0. The van der Waals surface area contributed by atoms with E-state index < -0.39 is 8.07 Å². The third-order valence-electron chi connectivity index (χ3n) is 12.3. The van der Waals surface area contributed by atoms with Gasteiger partial charge in [0.15, 0.2) is 8.07 Å². The van der Waals surface area contributed by atoms with Crippen molar-refractivity contribution in [1.82, 2.24) is 14.5 Å². The standard InChI is InChI=1S/C52H40N4SSi/c1-52(2)43-27-11-13-29-45(43)56(51-48(52)49-42(34-53-51)41-26-10-15-31-47(41)57-49)36-19-17-25-40(33-36)58(37-20-6-4-7-21-37,38-22-8-5-9-23-38)39-24-16-18-35(32-39)50-54-44-28-12-14-30-46(44)55(50)3/h4-34H,1-3H3. The molecule has 4 nitrogen and oxygen atoms in total. The summed E-state index contributed by atoms with van der Waals surface area (Å²) in [5, 5.41) is 7.75. The Morgan fingerprint density at radius 2 is 1.22 bits per heavy atom. The molecule has 1 aliphatic rings. The highest BCUT2D eigenvalue weighted by Gasteiger charge is 2.44. The van der Waals surface area contributed by atoms with E-state index >= 15 is 0 Å². The number of hydrogen-bond donors (Lipinski definition) is 0. The Morgan fingerprint density at radius 1 is 0.586 bits per heavy atom. The molecule has 0 amide bonds. The normalized spacial score (nSPS) is 13.5. The van der Waals surface area contributed by atoms with Crippen molar-refractivity contribution in [3.8, 4) is 11.4 Å². The fraction of sp³-hybridized carbons (Fsp3) is 0.0769. The van der Waals surface area contributed by atoms with Crippen molar-refractivity contribution in [1.29, 1.82) is 0 Å². The molecule has 7 aromatic carbocycles. The molecule has 58 heavy (non-hydrogen) atoms. The summed E-state index contributed by atoms with van der Waals surface area (Å²) in [5.74, 6) is 1.96. The highest BCUT2D eigenvalue weighted by molar-refractivity contribution is 7.26. The molecule has 0 fully saturated rings. The maximum Gasteiger partial charge on any atom is 0.179 e. The van der Waals surface area contributed by atoms with Crippen molar-refractivity contribution in [3.05, 3.63) is 199 Å². The van der Waals surface area contributed by atoms with Crippen molar-refractivity contribution in [2.45, 2.75) is 19.3 Å². The molecule has 0 atom stereocenters. The summed E-state index contributed by atoms with van der Waals surface area (Å²) in [6, 6.07) is 66.9. The first-order valence-corrected chi connectivity index (χ1v) is 22.7. The van der Waals surface area contributed by atoms with Crippen molar-refractivity contribution in [2.24, 2.45) is 7.05 Å². The van der Waals surface area contributed by atoms with Crippen LogP contribution in [0.4, 0.5) is 17.2 Å². The van der Waals surface area contributed by atoms with Crippen molar-refractivity contribution < 1.29 is 0 Å². The van der Waals surface area contributed by atoms with Gasteiger partial charge in [-0.2, -0.15) is 0 Å². The smallest absolute Gasteiger partial charge is 0.179 e. The van der Waals surface area contributed by atoms with E-state index in [2.05, 4.69) is 219 Å². The average molecular weight is 781 g/mol. The van der Waals surface area contributed by atoms with E-state index in [0.717, 1.165) is 33.9 Å². The Labute approximate surface area is 343 Å². The largest absolute Gasteiger partial charge is 0.327 e. The van der Waals surface area contributed by atoms with Crippen molar-refractivity contribution in [3.63, 3.8) is 0 Å². The predicted molar refractivity (Wildman–Crippen MR) is 247 cm³/mol. The van der Waals surface area contributed by atoms with Crippen LogP contribution in [-0.2, 0) is 12.5 Å². The van der Waals surface area contributed by atoms with Crippen LogP contribution in [0, 0.1) is 0 Å². The molecule has 0 aliphatic carbocycles. The number of hydrogen-bond acceptors (Lipinski definition) is 4. The number of benzene rings is 7.